The van der Waals surface area contributed by atoms with Crippen LogP contribution in [-0.2, 0) is 0 Å². The molecule has 0 aliphatic heterocycles. The quantitative estimate of drug-likeness (QED) is 0.652. The van der Waals surface area contributed by atoms with Gasteiger partial charge >= 0.3 is 0 Å². The predicted octanol–water partition coefficient (Wildman–Crippen LogP) is 3.36. The Morgan fingerprint density at radius 1 is 1.07 bits per heavy atom. The van der Waals surface area contributed by atoms with Crippen LogP contribution >= 0.6 is 11.6 Å². The van der Waals surface area contributed by atoms with Crippen LogP contribution < -0.4 is 19.9 Å². The van der Waals surface area contributed by atoms with Crippen molar-refractivity contribution in [3.05, 3.63) is 58.7 Å². The highest BCUT2D eigenvalue weighted by molar-refractivity contribution is 6.30. The van der Waals surface area contributed by atoms with E-state index in [0.717, 1.165) is 0 Å². The van der Waals surface area contributed by atoms with Crippen LogP contribution in [0.4, 0.5) is 5.82 Å². The first-order valence-corrected chi connectivity index (χ1v) is 8.32. The number of carbonyl (C=O) groups excluding carboxylic acids is 1. The molecule has 3 aromatic rings. The van der Waals surface area contributed by atoms with E-state index in [1.165, 1.54) is 32.2 Å². The van der Waals surface area contributed by atoms with Crippen molar-refractivity contribution in [1.82, 2.24) is 9.78 Å². The van der Waals surface area contributed by atoms with E-state index in [2.05, 4.69) is 5.10 Å². The molecule has 0 unspecified atom stereocenters. The van der Waals surface area contributed by atoms with Gasteiger partial charge in [0.1, 0.15) is 5.82 Å². The van der Waals surface area contributed by atoms with E-state index in [9.17, 15) is 4.79 Å². The van der Waals surface area contributed by atoms with Crippen LogP contribution in [0, 0.1) is 0 Å². The average Bonchev–Trinajstić information content (AvgIpc) is 3.07. The van der Waals surface area contributed by atoms with Gasteiger partial charge in [0.05, 0.1) is 38.8 Å². The molecule has 8 heteroatoms. The van der Waals surface area contributed by atoms with Gasteiger partial charge < -0.3 is 19.9 Å². The van der Waals surface area contributed by atoms with Gasteiger partial charge in [0, 0.05) is 10.6 Å². The van der Waals surface area contributed by atoms with E-state index in [0.29, 0.717) is 33.5 Å². The fourth-order valence-corrected chi connectivity index (χ4v) is 2.90. The number of nitrogens with zero attached hydrogens (tertiary/aromatic N) is 2. The number of halogens is 1. The lowest BCUT2D eigenvalue weighted by molar-refractivity contribution is 0.103. The van der Waals surface area contributed by atoms with E-state index in [-0.39, 0.29) is 17.2 Å². The number of ether oxygens (including phenoxy) is 3. The van der Waals surface area contributed by atoms with Crippen molar-refractivity contribution in [2.24, 2.45) is 0 Å². The summed E-state index contributed by atoms with van der Waals surface area (Å²) in [7, 11) is 4.46. The minimum atomic E-state index is -0.319. The Morgan fingerprint density at radius 3 is 2.30 bits per heavy atom. The van der Waals surface area contributed by atoms with Gasteiger partial charge in [0.15, 0.2) is 17.3 Å². The molecule has 0 fully saturated rings. The number of ketones is 1. The van der Waals surface area contributed by atoms with Gasteiger partial charge in [-0.25, -0.2) is 4.68 Å². The lowest BCUT2D eigenvalue weighted by Crippen LogP contribution is -2.08. The summed E-state index contributed by atoms with van der Waals surface area (Å²) in [6, 6.07) is 10.2. The van der Waals surface area contributed by atoms with Crippen LogP contribution in [-0.4, -0.2) is 36.9 Å². The van der Waals surface area contributed by atoms with Crippen LogP contribution in [0.1, 0.15) is 15.9 Å². The summed E-state index contributed by atoms with van der Waals surface area (Å²) in [5.74, 6) is 1.04. The van der Waals surface area contributed by atoms with E-state index in [1.807, 2.05) is 0 Å². The minimum absolute atomic E-state index is 0.205. The van der Waals surface area contributed by atoms with Crippen molar-refractivity contribution >= 4 is 23.2 Å². The van der Waals surface area contributed by atoms with Gasteiger partial charge in [-0.1, -0.05) is 17.7 Å². The predicted molar refractivity (Wildman–Crippen MR) is 103 cm³/mol. The van der Waals surface area contributed by atoms with Gasteiger partial charge in [-0.3, -0.25) is 4.79 Å². The number of anilines is 1. The molecule has 0 spiro atoms. The Balaban J connectivity index is 2.05. The van der Waals surface area contributed by atoms with Crippen LogP contribution in [0.15, 0.2) is 42.6 Å². The Hall–Kier alpha value is -3.19. The van der Waals surface area contributed by atoms with Crippen LogP contribution in [0.3, 0.4) is 0 Å². The fraction of sp³-hybridized carbons (Fsp3) is 0.158. The van der Waals surface area contributed by atoms with Gasteiger partial charge in [0.2, 0.25) is 5.75 Å². The zero-order chi connectivity index (χ0) is 19.6. The summed E-state index contributed by atoms with van der Waals surface area (Å²) in [6.45, 7) is 0. The number of carbonyl (C=O) groups is 1. The molecule has 0 aliphatic carbocycles. The number of aromatic nitrogens is 2. The Morgan fingerprint density at radius 2 is 1.74 bits per heavy atom. The second kappa shape index (κ2) is 7.59. The highest BCUT2D eigenvalue weighted by Gasteiger charge is 2.22. The summed E-state index contributed by atoms with van der Waals surface area (Å²) in [5.41, 5.74) is 7.42. The van der Waals surface area contributed by atoms with Gasteiger partial charge in [0.25, 0.3) is 0 Å². The molecule has 0 saturated carbocycles. The number of nitrogen functional groups attached to an aromatic ring is 1. The van der Waals surface area contributed by atoms with Crippen molar-refractivity contribution in [3.63, 3.8) is 0 Å². The highest BCUT2D eigenvalue weighted by Crippen LogP contribution is 2.39. The zero-order valence-corrected chi connectivity index (χ0v) is 15.8. The summed E-state index contributed by atoms with van der Waals surface area (Å²) in [4.78, 5) is 13.0. The van der Waals surface area contributed by atoms with E-state index in [4.69, 9.17) is 31.5 Å². The van der Waals surface area contributed by atoms with Gasteiger partial charge in [-0.15, -0.1) is 0 Å². The number of rotatable bonds is 6. The third-order valence-electron chi connectivity index (χ3n) is 4.03. The number of benzene rings is 2. The molecule has 0 radical (unpaired) electrons. The van der Waals surface area contributed by atoms with Gasteiger partial charge in [-0.05, 0) is 30.3 Å². The average molecular weight is 388 g/mol. The smallest absolute Gasteiger partial charge is 0.203 e. The first-order chi connectivity index (χ1) is 13.0. The summed E-state index contributed by atoms with van der Waals surface area (Å²) >= 11 is 6.02. The molecule has 1 aromatic heterocycles. The molecule has 0 aliphatic rings. The zero-order valence-electron chi connectivity index (χ0n) is 15.0. The molecule has 27 heavy (non-hydrogen) atoms. The second-order valence-corrected chi connectivity index (χ2v) is 6.01. The fourth-order valence-electron chi connectivity index (χ4n) is 2.71. The third-order valence-corrected chi connectivity index (χ3v) is 4.27. The Kier molecular flexibility index (Phi) is 5.23. The molecule has 2 aromatic carbocycles. The van der Waals surface area contributed by atoms with E-state index >= 15 is 0 Å². The normalized spacial score (nSPS) is 10.5. The second-order valence-electron chi connectivity index (χ2n) is 5.58. The Labute approximate surface area is 161 Å². The third kappa shape index (κ3) is 3.41. The Bertz CT molecular complexity index is 975. The van der Waals surface area contributed by atoms with Crippen molar-refractivity contribution < 1.29 is 19.0 Å². The SMILES string of the molecule is COc1cc(C(=O)c2cnn(-c3cccc(Cl)c3)c2N)cc(OC)c1OC. The van der Waals surface area contributed by atoms with Gasteiger partial charge in [-0.2, -0.15) is 5.10 Å². The number of hydrogen-bond donors (Lipinski definition) is 1. The molecule has 0 amide bonds. The number of hydrogen-bond acceptors (Lipinski definition) is 6. The summed E-state index contributed by atoms with van der Waals surface area (Å²) in [5, 5.41) is 4.76. The maximum atomic E-state index is 13.0. The lowest BCUT2D eigenvalue weighted by atomic mass is 10.0. The van der Waals surface area contributed by atoms with Crippen LogP contribution in [0.25, 0.3) is 5.69 Å². The van der Waals surface area contributed by atoms with Crippen molar-refractivity contribution in [2.45, 2.75) is 0 Å². The number of methoxy groups -OCH3 is 3. The molecule has 140 valence electrons. The highest BCUT2D eigenvalue weighted by atomic mass is 35.5. The van der Waals surface area contributed by atoms with E-state index in [1.54, 1.807) is 36.4 Å². The molecule has 0 saturated heterocycles. The number of nitrogens with two attached hydrogens (primary N) is 1. The molecule has 3 rings (SSSR count). The summed E-state index contributed by atoms with van der Waals surface area (Å²) < 4.78 is 17.3. The first kappa shape index (κ1) is 18.6. The maximum absolute atomic E-state index is 13.0. The largest absolute Gasteiger partial charge is 0.493 e. The first-order valence-electron chi connectivity index (χ1n) is 7.94. The molecule has 0 atom stereocenters. The lowest BCUT2D eigenvalue weighted by Gasteiger charge is -2.13. The molecule has 0 bridgehead atoms. The van der Waals surface area contributed by atoms with Crippen LogP contribution in [0.2, 0.25) is 5.02 Å². The minimum Gasteiger partial charge on any atom is -0.493 e. The van der Waals surface area contributed by atoms with Crippen molar-refractivity contribution in [1.29, 1.82) is 0 Å². The molecule has 7 nitrogen and oxygen atoms in total. The van der Waals surface area contributed by atoms with Crippen LogP contribution in [0.5, 0.6) is 17.2 Å². The van der Waals surface area contributed by atoms with Crippen molar-refractivity contribution in [3.8, 4) is 22.9 Å². The molecular weight excluding hydrogens is 370 g/mol. The molecular formula is C19H18ClN3O4. The molecule has 2 N–H and O–H groups in total. The summed E-state index contributed by atoms with van der Waals surface area (Å²) in [6.07, 6.45) is 1.42. The maximum Gasteiger partial charge on any atom is 0.203 e. The topological polar surface area (TPSA) is 88.6 Å². The monoisotopic (exact) mass is 387 g/mol. The van der Waals surface area contributed by atoms with E-state index < -0.39 is 0 Å². The van der Waals surface area contributed by atoms with Crippen molar-refractivity contribution in [2.75, 3.05) is 27.1 Å². The molecule has 1 heterocycles. The standard InChI is InChI=1S/C19H18ClN3O4/c1-25-15-7-11(8-16(26-2)18(15)27-3)17(24)14-10-22-23(19(14)21)13-6-4-5-12(20)9-13/h4-10H,21H2,1-3H3.